The summed E-state index contributed by atoms with van der Waals surface area (Å²) in [5.41, 5.74) is 7.85. The molecule has 1 aromatic heterocycles. The number of aryl methyl sites for hydroxylation is 4. The standard InChI is InChI=1S/C26H26N2OS/c1-17-10-13-22(20(4)14-17)15-23(29)28(16-21-8-6-5-7-9-21)26-27-24-18(2)11-12-19(3)25(24)30-26/h5-14H,15-16H2,1-4H3. The average molecular weight is 415 g/mol. The molecule has 4 aromatic rings. The van der Waals surface area contributed by atoms with E-state index in [4.69, 9.17) is 4.98 Å². The Morgan fingerprint density at radius 2 is 1.63 bits per heavy atom. The molecule has 0 radical (unpaired) electrons. The fourth-order valence-electron chi connectivity index (χ4n) is 3.69. The molecular formula is C26H26N2OS. The van der Waals surface area contributed by atoms with Crippen LogP contribution in [0.1, 0.15) is 33.4 Å². The molecular weight excluding hydrogens is 388 g/mol. The molecule has 0 aliphatic carbocycles. The van der Waals surface area contributed by atoms with Crippen LogP contribution < -0.4 is 4.90 Å². The van der Waals surface area contributed by atoms with E-state index in [0.717, 1.165) is 37.6 Å². The Balaban J connectivity index is 1.73. The van der Waals surface area contributed by atoms with E-state index in [2.05, 4.69) is 70.2 Å². The van der Waals surface area contributed by atoms with Crippen LogP contribution in [0.3, 0.4) is 0 Å². The Kier molecular flexibility index (Phi) is 5.69. The van der Waals surface area contributed by atoms with Gasteiger partial charge in [-0.2, -0.15) is 0 Å². The van der Waals surface area contributed by atoms with Crippen LogP contribution in [0.2, 0.25) is 0 Å². The zero-order chi connectivity index (χ0) is 21.3. The second kappa shape index (κ2) is 8.41. The minimum Gasteiger partial charge on any atom is -0.283 e. The highest BCUT2D eigenvalue weighted by molar-refractivity contribution is 7.22. The normalized spacial score (nSPS) is 11.1. The Bertz CT molecular complexity index is 1170. The number of thiazole rings is 1. The number of anilines is 1. The van der Waals surface area contributed by atoms with Crippen molar-refractivity contribution in [1.29, 1.82) is 0 Å². The van der Waals surface area contributed by atoms with Gasteiger partial charge in [-0.1, -0.05) is 77.6 Å². The van der Waals surface area contributed by atoms with Gasteiger partial charge in [0.25, 0.3) is 0 Å². The van der Waals surface area contributed by atoms with E-state index in [1.807, 2.05) is 23.1 Å². The fourth-order valence-corrected chi connectivity index (χ4v) is 4.82. The maximum Gasteiger partial charge on any atom is 0.233 e. The van der Waals surface area contributed by atoms with Gasteiger partial charge in [-0.3, -0.25) is 9.69 Å². The number of carbonyl (C=O) groups excluding carboxylic acids is 1. The molecule has 0 N–H and O–H groups in total. The molecule has 0 fully saturated rings. The first-order valence-corrected chi connectivity index (χ1v) is 11.0. The molecule has 0 saturated heterocycles. The van der Waals surface area contributed by atoms with Crippen molar-refractivity contribution in [2.75, 3.05) is 4.90 Å². The number of carbonyl (C=O) groups is 1. The molecule has 0 unspecified atom stereocenters. The number of hydrogen-bond acceptors (Lipinski definition) is 3. The first-order valence-electron chi connectivity index (χ1n) is 10.2. The lowest BCUT2D eigenvalue weighted by molar-refractivity contribution is -0.118. The van der Waals surface area contributed by atoms with Gasteiger partial charge < -0.3 is 0 Å². The molecule has 0 atom stereocenters. The van der Waals surface area contributed by atoms with Gasteiger partial charge in [-0.05, 0) is 55.5 Å². The van der Waals surface area contributed by atoms with E-state index in [0.29, 0.717) is 13.0 Å². The van der Waals surface area contributed by atoms with Crippen molar-refractivity contribution in [1.82, 2.24) is 4.98 Å². The van der Waals surface area contributed by atoms with Crippen LogP contribution in [0.4, 0.5) is 5.13 Å². The van der Waals surface area contributed by atoms with Crippen molar-refractivity contribution < 1.29 is 4.79 Å². The third-order valence-electron chi connectivity index (χ3n) is 5.49. The number of amides is 1. The van der Waals surface area contributed by atoms with Crippen LogP contribution in [0.15, 0.2) is 60.7 Å². The highest BCUT2D eigenvalue weighted by atomic mass is 32.1. The average Bonchev–Trinajstić information content (AvgIpc) is 3.18. The van der Waals surface area contributed by atoms with Crippen LogP contribution in [0.25, 0.3) is 10.2 Å². The van der Waals surface area contributed by atoms with Gasteiger partial charge >= 0.3 is 0 Å². The highest BCUT2D eigenvalue weighted by Crippen LogP contribution is 2.34. The Morgan fingerprint density at radius 1 is 0.900 bits per heavy atom. The molecule has 4 heteroatoms. The topological polar surface area (TPSA) is 33.2 Å². The molecule has 3 nitrogen and oxygen atoms in total. The highest BCUT2D eigenvalue weighted by Gasteiger charge is 2.22. The SMILES string of the molecule is Cc1ccc(CC(=O)N(Cc2ccccc2)c2nc3c(C)ccc(C)c3s2)c(C)c1. The fraction of sp³-hybridized carbons (Fsp3) is 0.231. The van der Waals surface area contributed by atoms with Crippen LogP contribution in [0.5, 0.6) is 0 Å². The molecule has 1 amide bonds. The predicted molar refractivity (Wildman–Crippen MR) is 126 cm³/mol. The quantitative estimate of drug-likeness (QED) is 0.384. The van der Waals surface area contributed by atoms with E-state index in [9.17, 15) is 4.79 Å². The second-order valence-corrected chi connectivity index (χ2v) is 8.92. The Hall–Kier alpha value is -2.98. The van der Waals surface area contributed by atoms with E-state index < -0.39 is 0 Å². The predicted octanol–water partition coefficient (Wildman–Crippen LogP) is 6.31. The summed E-state index contributed by atoms with van der Waals surface area (Å²) in [5, 5.41) is 0.765. The number of nitrogens with zero attached hydrogens (tertiary/aromatic N) is 2. The van der Waals surface area contributed by atoms with Crippen molar-refractivity contribution >= 4 is 32.6 Å². The summed E-state index contributed by atoms with van der Waals surface area (Å²) in [5.74, 6) is 0.0696. The van der Waals surface area contributed by atoms with E-state index in [-0.39, 0.29) is 5.91 Å². The Labute approximate surface area is 182 Å². The third kappa shape index (κ3) is 4.14. The first-order chi connectivity index (χ1) is 14.4. The third-order valence-corrected chi connectivity index (χ3v) is 6.70. The molecule has 152 valence electrons. The summed E-state index contributed by atoms with van der Waals surface area (Å²) in [7, 11) is 0. The summed E-state index contributed by atoms with van der Waals surface area (Å²) >= 11 is 1.60. The smallest absolute Gasteiger partial charge is 0.233 e. The minimum atomic E-state index is 0.0696. The van der Waals surface area contributed by atoms with Gasteiger partial charge in [-0.25, -0.2) is 4.98 Å². The molecule has 0 aliphatic heterocycles. The largest absolute Gasteiger partial charge is 0.283 e. The van der Waals surface area contributed by atoms with E-state index in [1.54, 1.807) is 11.3 Å². The van der Waals surface area contributed by atoms with Crippen molar-refractivity contribution in [2.24, 2.45) is 0 Å². The van der Waals surface area contributed by atoms with Crippen molar-refractivity contribution in [3.05, 3.63) is 94.0 Å². The first kappa shape index (κ1) is 20.3. The van der Waals surface area contributed by atoms with Crippen molar-refractivity contribution in [3.8, 4) is 0 Å². The lowest BCUT2D eigenvalue weighted by atomic mass is 10.0. The minimum absolute atomic E-state index is 0.0696. The maximum absolute atomic E-state index is 13.5. The summed E-state index contributed by atoms with van der Waals surface area (Å²) in [4.78, 5) is 20.2. The molecule has 0 saturated carbocycles. The molecule has 3 aromatic carbocycles. The molecule has 30 heavy (non-hydrogen) atoms. The number of hydrogen-bond donors (Lipinski definition) is 0. The van der Waals surface area contributed by atoms with Gasteiger partial charge in [0.2, 0.25) is 5.91 Å². The van der Waals surface area contributed by atoms with Crippen LogP contribution >= 0.6 is 11.3 Å². The van der Waals surface area contributed by atoms with Gasteiger partial charge in [0.05, 0.1) is 23.2 Å². The van der Waals surface area contributed by atoms with Gasteiger partial charge in [-0.15, -0.1) is 0 Å². The van der Waals surface area contributed by atoms with Crippen molar-refractivity contribution in [3.63, 3.8) is 0 Å². The number of rotatable bonds is 5. The zero-order valence-electron chi connectivity index (χ0n) is 17.9. The number of aromatic nitrogens is 1. The number of benzene rings is 3. The lowest BCUT2D eigenvalue weighted by Gasteiger charge is -2.21. The molecule has 0 bridgehead atoms. The monoisotopic (exact) mass is 414 g/mol. The number of fused-ring (bicyclic) bond motifs is 1. The van der Waals surface area contributed by atoms with Gasteiger partial charge in [0.1, 0.15) is 0 Å². The van der Waals surface area contributed by atoms with Crippen LogP contribution in [-0.4, -0.2) is 10.9 Å². The summed E-state index contributed by atoms with van der Waals surface area (Å²) in [6.45, 7) is 8.84. The zero-order valence-corrected chi connectivity index (χ0v) is 18.7. The lowest BCUT2D eigenvalue weighted by Crippen LogP contribution is -2.31. The van der Waals surface area contributed by atoms with Gasteiger partial charge in [0.15, 0.2) is 5.13 Å². The van der Waals surface area contributed by atoms with Gasteiger partial charge in [0, 0.05) is 0 Å². The summed E-state index contributed by atoms with van der Waals surface area (Å²) < 4.78 is 1.15. The molecule has 1 heterocycles. The summed E-state index contributed by atoms with van der Waals surface area (Å²) in [6, 6.07) is 20.6. The van der Waals surface area contributed by atoms with E-state index >= 15 is 0 Å². The molecule has 0 aliphatic rings. The van der Waals surface area contributed by atoms with E-state index in [1.165, 1.54) is 11.1 Å². The second-order valence-electron chi connectivity index (χ2n) is 7.95. The maximum atomic E-state index is 13.5. The summed E-state index contributed by atoms with van der Waals surface area (Å²) in [6.07, 6.45) is 0.368. The van der Waals surface area contributed by atoms with Crippen molar-refractivity contribution in [2.45, 2.75) is 40.7 Å². The van der Waals surface area contributed by atoms with Crippen LogP contribution in [0, 0.1) is 27.7 Å². The Morgan fingerprint density at radius 3 is 2.33 bits per heavy atom. The van der Waals surface area contributed by atoms with Crippen LogP contribution in [-0.2, 0) is 17.8 Å². The molecule has 0 spiro atoms. The molecule has 4 rings (SSSR count).